The quantitative estimate of drug-likeness (QED) is 0.529. The fourth-order valence-electron chi connectivity index (χ4n) is 6.70. The third-order valence-corrected chi connectivity index (χ3v) is 7.79. The van der Waals surface area contributed by atoms with Gasteiger partial charge in [0, 0.05) is 0 Å². The second-order valence-electron chi connectivity index (χ2n) is 10.1. The summed E-state index contributed by atoms with van der Waals surface area (Å²) < 4.78 is 1.80. The Bertz CT molecular complexity index is 975. The molecular weight excluding hydrogens is 392 g/mol. The van der Waals surface area contributed by atoms with Crippen molar-refractivity contribution in [3.63, 3.8) is 0 Å². The van der Waals surface area contributed by atoms with Crippen LogP contribution in [0.25, 0.3) is 0 Å². The van der Waals surface area contributed by atoms with Gasteiger partial charge in [-0.05, 0) is 75.2 Å². The van der Waals surface area contributed by atoms with Gasteiger partial charge in [-0.15, -0.1) is 0 Å². The van der Waals surface area contributed by atoms with Crippen molar-refractivity contribution in [2.75, 3.05) is 0 Å². The maximum absolute atomic E-state index is 13.1. The summed E-state index contributed by atoms with van der Waals surface area (Å²) >= 11 is 0. The van der Waals surface area contributed by atoms with Gasteiger partial charge in [-0.2, -0.15) is 5.10 Å². The lowest BCUT2D eigenvalue weighted by atomic mass is 9.53. The Balaban J connectivity index is 1.44. The summed E-state index contributed by atoms with van der Waals surface area (Å²) in [6, 6.07) is 7.79. The summed E-state index contributed by atoms with van der Waals surface area (Å²) in [6.45, 7) is 4.01. The molecule has 6 rings (SSSR count). The van der Waals surface area contributed by atoms with Crippen LogP contribution < -0.4 is 5.32 Å². The number of nitro groups is 1. The predicted molar refractivity (Wildman–Crippen MR) is 117 cm³/mol. The number of aromatic nitrogens is 2. The highest BCUT2D eigenvalue weighted by Gasteiger charge is 2.53. The van der Waals surface area contributed by atoms with E-state index in [0.29, 0.717) is 24.2 Å². The van der Waals surface area contributed by atoms with Gasteiger partial charge >= 0.3 is 5.69 Å². The highest BCUT2D eigenvalue weighted by molar-refractivity contribution is 5.96. The summed E-state index contributed by atoms with van der Waals surface area (Å²) in [4.78, 5) is 24.5. The van der Waals surface area contributed by atoms with Crippen molar-refractivity contribution in [2.45, 2.75) is 70.4 Å². The van der Waals surface area contributed by atoms with E-state index in [1.807, 2.05) is 38.1 Å². The molecule has 4 fully saturated rings. The molecule has 7 heteroatoms. The fourth-order valence-corrected chi connectivity index (χ4v) is 6.70. The van der Waals surface area contributed by atoms with E-state index >= 15 is 0 Å². The van der Waals surface area contributed by atoms with Crippen molar-refractivity contribution >= 4 is 11.6 Å². The molecule has 1 heterocycles. The first kappa shape index (κ1) is 20.2. The van der Waals surface area contributed by atoms with E-state index in [0.717, 1.165) is 30.4 Å². The molecule has 1 aromatic heterocycles. The van der Waals surface area contributed by atoms with Crippen molar-refractivity contribution in [2.24, 2.45) is 17.8 Å². The van der Waals surface area contributed by atoms with Gasteiger partial charge in [0.2, 0.25) is 5.69 Å². The molecule has 0 radical (unpaired) electrons. The van der Waals surface area contributed by atoms with E-state index in [-0.39, 0.29) is 23.0 Å². The molecule has 1 N–H and O–H groups in total. The van der Waals surface area contributed by atoms with Crippen molar-refractivity contribution in [1.29, 1.82) is 0 Å². The van der Waals surface area contributed by atoms with E-state index in [1.54, 1.807) is 4.68 Å². The van der Waals surface area contributed by atoms with Crippen LogP contribution in [0.3, 0.4) is 0 Å². The van der Waals surface area contributed by atoms with Gasteiger partial charge in [-0.1, -0.05) is 36.8 Å². The van der Waals surface area contributed by atoms with E-state index in [2.05, 4.69) is 10.4 Å². The summed E-state index contributed by atoms with van der Waals surface area (Å²) in [6.07, 6.45) is 9.15. The topological polar surface area (TPSA) is 90.1 Å². The summed E-state index contributed by atoms with van der Waals surface area (Å²) in [5.74, 6) is 1.61. The first-order valence-corrected chi connectivity index (χ1v) is 11.5. The number of benzene rings is 1. The Morgan fingerprint density at radius 1 is 1.19 bits per heavy atom. The molecule has 31 heavy (non-hydrogen) atoms. The number of carbonyl (C=O) groups excluding carboxylic acids is 1. The van der Waals surface area contributed by atoms with Crippen LogP contribution in [-0.4, -0.2) is 20.6 Å². The molecule has 1 unspecified atom stereocenters. The molecule has 164 valence electrons. The number of hydrogen-bond acceptors (Lipinski definition) is 4. The molecule has 4 saturated carbocycles. The van der Waals surface area contributed by atoms with Gasteiger partial charge in [0.25, 0.3) is 5.91 Å². The minimum atomic E-state index is -0.470. The van der Waals surface area contributed by atoms with Gasteiger partial charge in [0.05, 0.1) is 16.5 Å². The maximum atomic E-state index is 13.1. The van der Waals surface area contributed by atoms with Crippen LogP contribution >= 0.6 is 0 Å². The molecule has 1 amide bonds. The minimum absolute atomic E-state index is 0.0636. The normalized spacial score (nSPS) is 29.7. The number of rotatable bonds is 6. The molecule has 1 aromatic carbocycles. The van der Waals surface area contributed by atoms with Crippen molar-refractivity contribution < 1.29 is 9.72 Å². The van der Waals surface area contributed by atoms with Gasteiger partial charge in [0.15, 0.2) is 0 Å². The summed E-state index contributed by atoms with van der Waals surface area (Å²) in [7, 11) is 0. The predicted octanol–water partition coefficient (Wildman–Crippen LogP) is 4.91. The minimum Gasteiger partial charge on any atom is -0.344 e. The van der Waals surface area contributed by atoms with Crippen LogP contribution in [-0.2, 0) is 5.54 Å². The molecule has 7 nitrogen and oxygen atoms in total. The zero-order valence-electron chi connectivity index (χ0n) is 18.2. The molecule has 0 saturated heterocycles. The number of hydrogen-bond donors (Lipinski definition) is 1. The van der Waals surface area contributed by atoms with Crippen LogP contribution in [0.2, 0.25) is 0 Å². The van der Waals surface area contributed by atoms with Gasteiger partial charge < -0.3 is 5.32 Å². The summed E-state index contributed by atoms with van der Waals surface area (Å²) in [5, 5.41) is 19.4. The molecule has 0 aliphatic heterocycles. The lowest BCUT2D eigenvalue weighted by Gasteiger charge is -2.56. The van der Waals surface area contributed by atoms with Crippen LogP contribution in [0.4, 0.5) is 5.69 Å². The Kier molecular flexibility index (Phi) is 4.87. The summed E-state index contributed by atoms with van der Waals surface area (Å²) in [5.41, 5.74) is 1.73. The number of nitrogens with zero attached hydrogens (tertiary/aromatic N) is 3. The smallest absolute Gasteiger partial charge is 0.320 e. The third kappa shape index (κ3) is 3.54. The fraction of sp³-hybridized carbons (Fsp3) is 0.583. The Morgan fingerprint density at radius 3 is 2.29 bits per heavy atom. The third-order valence-electron chi connectivity index (χ3n) is 7.79. The highest BCUT2D eigenvalue weighted by atomic mass is 16.6. The first-order valence-electron chi connectivity index (χ1n) is 11.5. The first-order chi connectivity index (χ1) is 14.9. The van der Waals surface area contributed by atoms with Crippen molar-refractivity contribution in [1.82, 2.24) is 15.1 Å². The zero-order chi connectivity index (χ0) is 21.8. The lowest BCUT2D eigenvalue weighted by molar-refractivity contribution is -0.385. The van der Waals surface area contributed by atoms with Crippen molar-refractivity contribution in [3.05, 3.63) is 57.4 Å². The van der Waals surface area contributed by atoms with E-state index in [4.69, 9.17) is 0 Å². The number of carbonyl (C=O) groups is 1. The van der Waals surface area contributed by atoms with Crippen LogP contribution in [0.15, 0.2) is 30.5 Å². The molecule has 4 aliphatic carbocycles. The molecular formula is C24H30N4O3. The molecule has 4 aliphatic rings. The van der Waals surface area contributed by atoms with E-state index < -0.39 is 10.8 Å². The van der Waals surface area contributed by atoms with Crippen LogP contribution in [0.1, 0.15) is 79.5 Å². The van der Waals surface area contributed by atoms with Gasteiger partial charge in [0.1, 0.15) is 6.20 Å². The average Bonchev–Trinajstić information content (AvgIpc) is 3.19. The number of nitrogens with one attached hydrogen (secondary N) is 1. The largest absolute Gasteiger partial charge is 0.344 e. The SMILES string of the molecule is CCC(NC(=O)c1nn(C23CC4CC(CC(C4)C2)C3)cc1[N+](=O)[O-])c1ccc(C)cc1. The van der Waals surface area contributed by atoms with E-state index in [9.17, 15) is 14.9 Å². The van der Waals surface area contributed by atoms with Gasteiger partial charge in [-0.3, -0.25) is 19.6 Å². The Morgan fingerprint density at radius 2 is 1.77 bits per heavy atom. The van der Waals surface area contributed by atoms with E-state index in [1.165, 1.54) is 25.5 Å². The number of amides is 1. The second-order valence-corrected chi connectivity index (χ2v) is 10.1. The van der Waals surface area contributed by atoms with Crippen LogP contribution in [0.5, 0.6) is 0 Å². The van der Waals surface area contributed by atoms with Gasteiger partial charge in [-0.25, -0.2) is 0 Å². The standard InChI is InChI=1S/C24H30N4O3/c1-3-20(19-6-4-15(2)5-7-19)25-23(29)22-21(28(30)31)14-27(26-22)24-11-16-8-17(12-24)10-18(9-16)13-24/h4-7,14,16-18,20H,3,8-13H2,1-2H3,(H,25,29). The molecule has 2 aromatic rings. The zero-order valence-corrected chi connectivity index (χ0v) is 18.2. The average molecular weight is 423 g/mol. The monoisotopic (exact) mass is 422 g/mol. The molecule has 1 atom stereocenters. The number of aryl methyl sites for hydroxylation is 1. The maximum Gasteiger partial charge on any atom is 0.320 e. The Labute approximate surface area is 182 Å². The Hall–Kier alpha value is -2.70. The molecule has 4 bridgehead atoms. The van der Waals surface area contributed by atoms with Crippen LogP contribution in [0, 0.1) is 34.8 Å². The highest BCUT2D eigenvalue weighted by Crippen LogP contribution is 2.58. The molecule has 0 spiro atoms. The lowest BCUT2D eigenvalue weighted by Crippen LogP contribution is -2.52. The second kappa shape index (κ2) is 7.46. The van der Waals surface area contributed by atoms with Crippen molar-refractivity contribution in [3.8, 4) is 0 Å².